The van der Waals surface area contributed by atoms with E-state index >= 15 is 0 Å². The number of hydrogen-bond donors (Lipinski definition) is 2. The van der Waals surface area contributed by atoms with Crippen LogP contribution in [0.4, 0.5) is 0 Å². The molecule has 7 heteroatoms. The molecule has 1 aromatic heterocycles. The topological polar surface area (TPSA) is 84.5 Å². The first-order valence-electron chi connectivity index (χ1n) is 8.64. The van der Waals surface area contributed by atoms with Crippen molar-refractivity contribution in [3.05, 3.63) is 23.8 Å². The zero-order valence-electron chi connectivity index (χ0n) is 13.7. The summed E-state index contributed by atoms with van der Waals surface area (Å²) in [5.74, 6) is 0. The Bertz CT molecular complexity index is 699. The molecule has 2 heterocycles. The molecule has 0 amide bonds. The van der Waals surface area contributed by atoms with Gasteiger partial charge in [0.05, 0.1) is 30.5 Å². The number of nitrogens with two attached hydrogens (primary N) is 1. The fraction of sp³-hybridized carbons (Fsp3) is 0.647. The van der Waals surface area contributed by atoms with E-state index in [4.69, 9.17) is 10.5 Å². The van der Waals surface area contributed by atoms with Crippen LogP contribution in [0.25, 0.3) is 11.0 Å². The molecule has 130 valence electrons. The van der Waals surface area contributed by atoms with E-state index in [9.17, 15) is 5.11 Å². The molecule has 2 atom stereocenters. The van der Waals surface area contributed by atoms with Crippen molar-refractivity contribution in [2.45, 2.75) is 38.0 Å². The smallest absolute Gasteiger partial charge is 0.105 e. The third kappa shape index (κ3) is 2.84. The lowest BCUT2D eigenvalue weighted by Gasteiger charge is -2.56. The second kappa shape index (κ2) is 6.65. The van der Waals surface area contributed by atoms with E-state index in [0.717, 1.165) is 49.9 Å². The van der Waals surface area contributed by atoms with E-state index in [0.29, 0.717) is 13.2 Å². The molecule has 1 aliphatic carbocycles. The molecule has 3 N–H and O–H groups in total. The number of piperidine rings is 1. The molecule has 2 fully saturated rings. The SMILES string of the molecule is NCCOC1CC(O)C12CCN(Cc1ccc3nsnc3c1)CC2. The van der Waals surface area contributed by atoms with Crippen LogP contribution in [0, 0.1) is 5.41 Å². The van der Waals surface area contributed by atoms with Crippen molar-refractivity contribution in [1.82, 2.24) is 13.6 Å². The molecule has 2 aromatic rings. The average molecular weight is 348 g/mol. The Hall–Kier alpha value is -1.12. The van der Waals surface area contributed by atoms with Gasteiger partial charge < -0.3 is 15.6 Å². The van der Waals surface area contributed by atoms with E-state index in [2.05, 4.69) is 25.8 Å². The molecular weight excluding hydrogens is 324 g/mol. The Kier molecular flexibility index (Phi) is 4.53. The van der Waals surface area contributed by atoms with Crippen molar-refractivity contribution in [3.63, 3.8) is 0 Å². The third-order valence-electron chi connectivity index (χ3n) is 5.69. The van der Waals surface area contributed by atoms with Crippen LogP contribution >= 0.6 is 11.7 Å². The van der Waals surface area contributed by atoms with Gasteiger partial charge in [-0.3, -0.25) is 4.90 Å². The van der Waals surface area contributed by atoms with E-state index in [1.165, 1.54) is 17.3 Å². The fourth-order valence-corrected chi connectivity index (χ4v) is 4.65. The van der Waals surface area contributed by atoms with Crippen LogP contribution in [0.5, 0.6) is 0 Å². The van der Waals surface area contributed by atoms with Gasteiger partial charge in [-0.15, -0.1) is 0 Å². The highest BCUT2D eigenvalue weighted by atomic mass is 32.1. The van der Waals surface area contributed by atoms with Gasteiger partial charge in [0.2, 0.25) is 0 Å². The zero-order valence-corrected chi connectivity index (χ0v) is 14.5. The second-order valence-electron chi connectivity index (χ2n) is 7.00. The normalized spacial score (nSPS) is 26.8. The number of aliphatic hydroxyl groups excluding tert-OH is 1. The van der Waals surface area contributed by atoms with Crippen LogP contribution in [0.1, 0.15) is 24.8 Å². The standard InChI is InChI=1S/C17H24N4O2S/c18-5-8-23-16-10-15(22)17(16)3-6-21(7-4-17)11-12-1-2-13-14(9-12)20-24-19-13/h1-2,9,15-16,22H,3-8,10-11,18H2. The number of hydrogen-bond acceptors (Lipinski definition) is 7. The predicted molar refractivity (Wildman–Crippen MR) is 93.8 cm³/mol. The maximum absolute atomic E-state index is 10.3. The molecule has 0 bridgehead atoms. The summed E-state index contributed by atoms with van der Waals surface area (Å²) in [4.78, 5) is 2.46. The number of rotatable bonds is 5. The van der Waals surface area contributed by atoms with Crippen LogP contribution in [0.3, 0.4) is 0 Å². The molecule has 0 radical (unpaired) electrons. The summed E-state index contributed by atoms with van der Waals surface area (Å²) in [7, 11) is 0. The lowest BCUT2D eigenvalue weighted by molar-refractivity contribution is -0.210. The van der Waals surface area contributed by atoms with Gasteiger partial charge >= 0.3 is 0 Å². The van der Waals surface area contributed by atoms with E-state index in [1.807, 2.05) is 6.07 Å². The average Bonchev–Trinajstić information content (AvgIpc) is 3.07. The molecule has 4 rings (SSSR count). The molecule has 1 aromatic carbocycles. The number of ether oxygens (including phenoxy) is 1. The molecule has 2 aliphatic rings. The molecular formula is C17H24N4O2S. The summed E-state index contributed by atoms with van der Waals surface area (Å²) in [5, 5.41) is 10.3. The Balaban J connectivity index is 1.37. The number of likely N-dealkylation sites (tertiary alicyclic amines) is 1. The van der Waals surface area contributed by atoms with Gasteiger partial charge in [0.25, 0.3) is 0 Å². The maximum atomic E-state index is 10.3. The number of aliphatic hydroxyl groups is 1. The molecule has 24 heavy (non-hydrogen) atoms. The van der Waals surface area contributed by atoms with Crippen LogP contribution in [0.2, 0.25) is 0 Å². The molecule has 2 unspecified atom stereocenters. The summed E-state index contributed by atoms with van der Waals surface area (Å²) in [5.41, 5.74) is 8.72. The molecule has 1 spiro atoms. The second-order valence-corrected chi connectivity index (χ2v) is 7.52. The number of aromatic nitrogens is 2. The van der Waals surface area contributed by atoms with Crippen molar-refractivity contribution in [1.29, 1.82) is 0 Å². The van der Waals surface area contributed by atoms with Crippen LogP contribution < -0.4 is 5.73 Å². The Morgan fingerprint density at radius 1 is 1.29 bits per heavy atom. The number of benzene rings is 1. The van der Waals surface area contributed by atoms with Gasteiger partial charge in [0.1, 0.15) is 11.0 Å². The van der Waals surface area contributed by atoms with Gasteiger partial charge in [-0.2, -0.15) is 8.75 Å². The minimum Gasteiger partial charge on any atom is -0.392 e. The largest absolute Gasteiger partial charge is 0.392 e. The Morgan fingerprint density at radius 3 is 2.83 bits per heavy atom. The van der Waals surface area contributed by atoms with E-state index in [-0.39, 0.29) is 17.6 Å². The summed E-state index contributed by atoms with van der Waals surface area (Å²) >= 11 is 1.26. The van der Waals surface area contributed by atoms with Crippen molar-refractivity contribution in [2.24, 2.45) is 11.1 Å². The number of nitrogens with zero attached hydrogens (tertiary/aromatic N) is 3. The summed E-state index contributed by atoms with van der Waals surface area (Å²) in [6.45, 7) is 4.04. The van der Waals surface area contributed by atoms with Gasteiger partial charge in [-0.25, -0.2) is 0 Å². The summed E-state index contributed by atoms with van der Waals surface area (Å²) in [6, 6.07) is 6.32. The maximum Gasteiger partial charge on any atom is 0.105 e. The van der Waals surface area contributed by atoms with Gasteiger partial charge in [0, 0.05) is 24.9 Å². The zero-order chi connectivity index (χ0) is 16.6. The first-order chi connectivity index (χ1) is 11.7. The minimum absolute atomic E-state index is 0.0472. The van der Waals surface area contributed by atoms with E-state index in [1.54, 1.807) is 0 Å². The highest BCUT2D eigenvalue weighted by Gasteiger charge is 2.55. The first kappa shape index (κ1) is 16.4. The lowest BCUT2D eigenvalue weighted by Crippen LogP contribution is -2.62. The van der Waals surface area contributed by atoms with Crippen molar-refractivity contribution >= 4 is 22.8 Å². The first-order valence-corrected chi connectivity index (χ1v) is 9.37. The predicted octanol–water partition coefficient (Wildman–Crippen LogP) is 1.38. The Labute approximate surface area is 145 Å². The van der Waals surface area contributed by atoms with Crippen LogP contribution in [-0.4, -0.2) is 57.2 Å². The van der Waals surface area contributed by atoms with Crippen LogP contribution in [0.15, 0.2) is 18.2 Å². The summed E-state index contributed by atoms with van der Waals surface area (Å²) in [6.07, 6.45) is 2.69. The highest BCUT2D eigenvalue weighted by molar-refractivity contribution is 7.00. The lowest BCUT2D eigenvalue weighted by atomic mass is 9.58. The number of fused-ring (bicyclic) bond motifs is 1. The summed E-state index contributed by atoms with van der Waals surface area (Å²) < 4.78 is 14.4. The molecule has 1 saturated heterocycles. The molecule has 1 aliphatic heterocycles. The van der Waals surface area contributed by atoms with Gasteiger partial charge in [0.15, 0.2) is 0 Å². The Morgan fingerprint density at radius 2 is 2.08 bits per heavy atom. The van der Waals surface area contributed by atoms with Crippen molar-refractivity contribution in [3.8, 4) is 0 Å². The molecule has 1 saturated carbocycles. The van der Waals surface area contributed by atoms with Crippen molar-refractivity contribution in [2.75, 3.05) is 26.2 Å². The van der Waals surface area contributed by atoms with Gasteiger partial charge in [-0.1, -0.05) is 6.07 Å². The third-order valence-corrected chi connectivity index (χ3v) is 6.25. The molecule has 6 nitrogen and oxygen atoms in total. The van der Waals surface area contributed by atoms with E-state index < -0.39 is 0 Å². The highest BCUT2D eigenvalue weighted by Crippen LogP contribution is 2.51. The minimum atomic E-state index is -0.222. The monoisotopic (exact) mass is 348 g/mol. The van der Waals surface area contributed by atoms with Crippen molar-refractivity contribution < 1.29 is 9.84 Å². The fourth-order valence-electron chi connectivity index (χ4n) is 4.14. The van der Waals surface area contributed by atoms with Crippen LogP contribution in [-0.2, 0) is 11.3 Å². The van der Waals surface area contributed by atoms with Gasteiger partial charge in [-0.05, 0) is 43.6 Å². The quantitative estimate of drug-likeness (QED) is 0.849.